The number of methoxy groups -OCH3 is 1. The molecule has 6 heteroatoms. The van der Waals surface area contributed by atoms with Gasteiger partial charge in [0.05, 0.1) is 18.2 Å². The van der Waals surface area contributed by atoms with E-state index in [1.54, 1.807) is 19.4 Å². The summed E-state index contributed by atoms with van der Waals surface area (Å²) in [7, 11) is 1.71. The lowest BCUT2D eigenvalue weighted by molar-refractivity contribution is 0.104. The summed E-state index contributed by atoms with van der Waals surface area (Å²) in [4.78, 5) is 14.7. The lowest BCUT2D eigenvalue weighted by Gasteiger charge is -2.44. The Kier molecular flexibility index (Phi) is 6.50. The number of aromatic nitrogens is 1. The third-order valence-corrected chi connectivity index (χ3v) is 7.37. The van der Waals surface area contributed by atoms with Crippen LogP contribution in [0.2, 0.25) is 5.02 Å². The number of H-pyrrole nitrogens is 1. The van der Waals surface area contributed by atoms with Gasteiger partial charge in [-0.2, -0.15) is 0 Å². The first-order valence-corrected chi connectivity index (χ1v) is 11.6. The summed E-state index contributed by atoms with van der Waals surface area (Å²) in [6.45, 7) is 4.21. The van der Waals surface area contributed by atoms with Crippen molar-refractivity contribution >= 4 is 22.4 Å². The molecule has 170 valence electrons. The van der Waals surface area contributed by atoms with Crippen LogP contribution < -0.4 is 20.8 Å². The van der Waals surface area contributed by atoms with E-state index in [4.69, 9.17) is 26.8 Å². The van der Waals surface area contributed by atoms with Crippen molar-refractivity contribution in [2.45, 2.75) is 63.5 Å². The molecule has 5 nitrogen and oxygen atoms in total. The van der Waals surface area contributed by atoms with Crippen LogP contribution in [-0.4, -0.2) is 24.2 Å². The Morgan fingerprint density at radius 1 is 1.19 bits per heavy atom. The standard InChI is InChI=1S/C26H31ClN2O3/c1-4-24(28)26(18-6-5-16(2)22(14-18)31-3)10-7-19(8-11-26)32-23-13-17-9-12-29-25(30)20(17)15-21(23)27/h5-6,9,12-15,19,24H,4,7-8,10-11,28H2,1-3H3,(H,29,30). The number of hydrogen-bond acceptors (Lipinski definition) is 4. The number of rotatable bonds is 6. The number of aryl methyl sites for hydroxylation is 1. The molecule has 3 aromatic rings. The molecular formula is C26H31ClN2O3. The van der Waals surface area contributed by atoms with Gasteiger partial charge in [0.15, 0.2) is 0 Å². The van der Waals surface area contributed by atoms with Gasteiger partial charge in [0, 0.05) is 23.0 Å². The molecule has 1 fully saturated rings. The molecule has 0 bridgehead atoms. The number of aromatic amines is 1. The Hall–Kier alpha value is -2.50. The largest absolute Gasteiger partial charge is 0.496 e. The maximum atomic E-state index is 12.0. The summed E-state index contributed by atoms with van der Waals surface area (Å²) in [5.41, 5.74) is 8.82. The number of hydrogen-bond donors (Lipinski definition) is 2. The third kappa shape index (κ3) is 4.12. The number of fused-ring (bicyclic) bond motifs is 1. The fourth-order valence-corrected chi connectivity index (χ4v) is 5.28. The number of benzene rings is 2. The molecule has 1 aliphatic carbocycles. The Morgan fingerprint density at radius 2 is 1.94 bits per heavy atom. The van der Waals surface area contributed by atoms with Crippen molar-refractivity contribution < 1.29 is 9.47 Å². The van der Waals surface area contributed by atoms with Crippen LogP contribution in [-0.2, 0) is 5.41 Å². The number of ether oxygens (including phenoxy) is 2. The summed E-state index contributed by atoms with van der Waals surface area (Å²) in [5.74, 6) is 1.53. The molecule has 1 atom stereocenters. The van der Waals surface area contributed by atoms with Crippen molar-refractivity contribution in [3.05, 3.63) is 69.1 Å². The van der Waals surface area contributed by atoms with Gasteiger partial charge in [-0.1, -0.05) is 30.7 Å². The molecular weight excluding hydrogens is 424 g/mol. The predicted molar refractivity (Wildman–Crippen MR) is 130 cm³/mol. The average molecular weight is 455 g/mol. The molecule has 1 heterocycles. The van der Waals surface area contributed by atoms with Crippen LogP contribution in [0.5, 0.6) is 11.5 Å². The van der Waals surface area contributed by atoms with Crippen LogP contribution in [0.15, 0.2) is 47.4 Å². The monoisotopic (exact) mass is 454 g/mol. The minimum atomic E-state index is -0.152. The molecule has 32 heavy (non-hydrogen) atoms. The van der Waals surface area contributed by atoms with Crippen molar-refractivity contribution in [2.75, 3.05) is 7.11 Å². The quantitative estimate of drug-likeness (QED) is 0.515. The summed E-state index contributed by atoms with van der Waals surface area (Å²) >= 11 is 6.46. The molecule has 0 amide bonds. The molecule has 0 saturated heterocycles. The molecule has 1 aromatic heterocycles. The topological polar surface area (TPSA) is 77.3 Å². The first kappa shape index (κ1) is 22.7. The van der Waals surface area contributed by atoms with Crippen molar-refractivity contribution in [3.63, 3.8) is 0 Å². The van der Waals surface area contributed by atoms with E-state index in [0.717, 1.165) is 48.8 Å². The van der Waals surface area contributed by atoms with E-state index in [9.17, 15) is 4.79 Å². The number of pyridine rings is 1. The van der Waals surface area contributed by atoms with E-state index in [-0.39, 0.29) is 23.1 Å². The SMILES string of the molecule is CCC(N)C1(c2ccc(C)c(OC)c2)CCC(Oc2cc3cc[nH]c(=O)c3cc2Cl)CC1. The third-order valence-electron chi connectivity index (χ3n) is 7.08. The molecule has 0 aliphatic heterocycles. The van der Waals surface area contributed by atoms with Crippen molar-refractivity contribution in [1.82, 2.24) is 4.98 Å². The molecule has 0 radical (unpaired) electrons. The zero-order valence-electron chi connectivity index (χ0n) is 18.9. The van der Waals surface area contributed by atoms with Gasteiger partial charge >= 0.3 is 0 Å². The highest BCUT2D eigenvalue weighted by Crippen LogP contribution is 2.45. The summed E-state index contributed by atoms with van der Waals surface area (Å²) in [5, 5.41) is 1.84. The van der Waals surface area contributed by atoms with E-state index in [1.807, 2.05) is 12.1 Å². The van der Waals surface area contributed by atoms with Crippen LogP contribution in [0.1, 0.15) is 50.2 Å². The lowest BCUT2D eigenvalue weighted by Crippen LogP contribution is -2.48. The smallest absolute Gasteiger partial charge is 0.255 e. The Balaban J connectivity index is 1.57. The van der Waals surface area contributed by atoms with Gasteiger partial charge in [-0.05, 0) is 79.8 Å². The fourth-order valence-electron chi connectivity index (χ4n) is 5.08. The van der Waals surface area contributed by atoms with E-state index in [2.05, 4.69) is 37.0 Å². The van der Waals surface area contributed by atoms with Gasteiger partial charge < -0.3 is 20.2 Å². The van der Waals surface area contributed by atoms with Crippen LogP contribution in [0.4, 0.5) is 0 Å². The van der Waals surface area contributed by atoms with Gasteiger partial charge in [-0.25, -0.2) is 0 Å². The zero-order chi connectivity index (χ0) is 22.9. The predicted octanol–water partition coefficient (Wildman–Crippen LogP) is 5.50. The maximum absolute atomic E-state index is 12.0. The molecule has 0 spiro atoms. The highest BCUT2D eigenvalue weighted by atomic mass is 35.5. The van der Waals surface area contributed by atoms with Crippen LogP contribution in [0.25, 0.3) is 10.8 Å². The average Bonchev–Trinajstić information content (AvgIpc) is 2.80. The Labute approximate surface area is 193 Å². The molecule has 2 aromatic carbocycles. The normalized spacial score (nSPS) is 22.0. The Bertz CT molecular complexity index is 1170. The maximum Gasteiger partial charge on any atom is 0.255 e. The number of nitrogens with one attached hydrogen (secondary N) is 1. The van der Waals surface area contributed by atoms with Gasteiger partial charge in [0.25, 0.3) is 5.56 Å². The zero-order valence-corrected chi connectivity index (χ0v) is 19.7. The lowest BCUT2D eigenvalue weighted by atomic mass is 9.63. The number of nitrogens with two attached hydrogens (primary N) is 1. The number of halogens is 1. The van der Waals surface area contributed by atoms with Crippen molar-refractivity contribution in [1.29, 1.82) is 0 Å². The first-order valence-electron chi connectivity index (χ1n) is 11.3. The second-order valence-corrected chi connectivity index (χ2v) is 9.26. The van der Waals surface area contributed by atoms with Gasteiger partial charge in [0.2, 0.25) is 0 Å². The van der Waals surface area contributed by atoms with Crippen LogP contribution >= 0.6 is 11.6 Å². The molecule has 1 unspecified atom stereocenters. The first-order chi connectivity index (χ1) is 15.4. The van der Waals surface area contributed by atoms with Crippen molar-refractivity contribution in [2.24, 2.45) is 5.73 Å². The van der Waals surface area contributed by atoms with Gasteiger partial charge in [0.1, 0.15) is 11.5 Å². The molecule has 1 saturated carbocycles. The molecule has 4 rings (SSSR count). The molecule has 3 N–H and O–H groups in total. The van der Waals surface area contributed by atoms with Gasteiger partial charge in [-0.3, -0.25) is 4.79 Å². The highest BCUT2D eigenvalue weighted by Gasteiger charge is 2.42. The van der Waals surface area contributed by atoms with Crippen molar-refractivity contribution in [3.8, 4) is 11.5 Å². The molecule has 1 aliphatic rings. The van der Waals surface area contributed by atoms with Gasteiger partial charge in [-0.15, -0.1) is 0 Å². The summed E-state index contributed by atoms with van der Waals surface area (Å²) < 4.78 is 11.9. The Morgan fingerprint density at radius 3 is 2.62 bits per heavy atom. The van der Waals surface area contributed by atoms with E-state index in [0.29, 0.717) is 16.2 Å². The minimum absolute atomic E-state index is 0.0523. The minimum Gasteiger partial charge on any atom is -0.496 e. The summed E-state index contributed by atoms with van der Waals surface area (Å²) in [6, 6.07) is 11.9. The van der Waals surface area contributed by atoms with E-state index < -0.39 is 0 Å². The van der Waals surface area contributed by atoms with E-state index >= 15 is 0 Å². The van der Waals surface area contributed by atoms with Crippen LogP contribution in [0.3, 0.4) is 0 Å². The fraction of sp³-hybridized carbons (Fsp3) is 0.423. The highest BCUT2D eigenvalue weighted by molar-refractivity contribution is 6.32. The summed E-state index contributed by atoms with van der Waals surface area (Å²) in [6.07, 6.45) is 6.23. The van der Waals surface area contributed by atoms with Crippen LogP contribution in [0, 0.1) is 6.92 Å². The second kappa shape index (κ2) is 9.16. The van der Waals surface area contributed by atoms with E-state index in [1.165, 1.54) is 5.56 Å². The second-order valence-electron chi connectivity index (χ2n) is 8.85.